The van der Waals surface area contributed by atoms with Gasteiger partial charge < -0.3 is 9.47 Å². The second-order valence-corrected chi connectivity index (χ2v) is 11.3. The molecule has 0 bridgehead atoms. The fourth-order valence-corrected chi connectivity index (χ4v) is 6.36. The van der Waals surface area contributed by atoms with Gasteiger partial charge in [-0.15, -0.1) is 0 Å². The van der Waals surface area contributed by atoms with Gasteiger partial charge in [0.2, 0.25) is 0 Å². The molecule has 1 aliphatic heterocycles. The quantitative estimate of drug-likeness (QED) is 0.238. The van der Waals surface area contributed by atoms with Crippen LogP contribution in [-0.2, 0) is 25.1 Å². The smallest absolute Gasteiger partial charge is 0.265 e. The molecule has 1 saturated heterocycles. The number of fused-ring (bicyclic) bond motifs is 1. The van der Waals surface area contributed by atoms with E-state index in [0.29, 0.717) is 31.1 Å². The Morgan fingerprint density at radius 2 is 2.03 bits per heavy atom. The highest BCUT2D eigenvalue weighted by atomic mass is 127. The number of nitrogens with one attached hydrogen (secondary N) is 1. The lowest BCUT2D eigenvalue weighted by molar-refractivity contribution is -0.202. The van der Waals surface area contributed by atoms with E-state index >= 15 is 0 Å². The number of nitrogens with zero attached hydrogens (tertiary/aromatic N) is 5. The fourth-order valence-electron chi connectivity index (χ4n) is 3.79. The molecule has 1 fully saturated rings. The molecule has 1 aliphatic rings. The number of ether oxygens (including phenoxy) is 2. The Kier molecular flexibility index (Phi) is 7.77. The minimum atomic E-state index is -3.89. The van der Waals surface area contributed by atoms with Gasteiger partial charge in [0.15, 0.2) is 5.82 Å². The second kappa shape index (κ2) is 10.5. The molecule has 0 spiro atoms. The van der Waals surface area contributed by atoms with E-state index in [4.69, 9.17) is 9.47 Å². The molecule has 0 radical (unpaired) electrons. The summed E-state index contributed by atoms with van der Waals surface area (Å²) in [7, 11) is -2.25. The van der Waals surface area contributed by atoms with Crippen molar-refractivity contribution in [3.63, 3.8) is 0 Å². The fraction of sp³-hybridized carbons (Fsp3) is 0.318. The van der Waals surface area contributed by atoms with Crippen molar-refractivity contribution >= 4 is 55.0 Å². The average molecular weight is 628 g/mol. The molecule has 3 aromatic heterocycles. The van der Waals surface area contributed by atoms with Crippen molar-refractivity contribution in [2.45, 2.75) is 31.3 Å². The zero-order chi connectivity index (χ0) is 25.2. The molecule has 1 unspecified atom stereocenters. The van der Waals surface area contributed by atoms with Crippen molar-refractivity contribution < 1.29 is 17.9 Å². The molecule has 4 aromatic rings. The molecule has 0 saturated carbocycles. The number of methoxy groups -OCH3 is 1. The summed E-state index contributed by atoms with van der Waals surface area (Å²) in [6.45, 7) is 6.77. The van der Waals surface area contributed by atoms with Crippen molar-refractivity contribution in [2.75, 3.05) is 25.0 Å². The summed E-state index contributed by atoms with van der Waals surface area (Å²) >= 11 is 2.25. The van der Waals surface area contributed by atoms with Gasteiger partial charge in [0.25, 0.3) is 10.0 Å². The van der Waals surface area contributed by atoms with Gasteiger partial charge in [-0.05, 0) is 58.8 Å². The molecule has 10 nitrogen and oxygen atoms in total. The van der Waals surface area contributed by atoms with E-state index in [1.165, 1.54) is 17.1 Å². The van der Waals surface area contributed by atoms with Crippen LogP contribution in [0.25, 0.3) is 16.7 Å². The number of pyridine rings is 1. The van der Waals surface area contributed by atoms with E-state index in [2.05, 4.69) is 41.9 Å². The van der Waals surface area contributed by atoms with Crippen LogP contribution in [0, 0.1) is 6.92 Å². The monoisotopic (exact) mass is 628 g/mol. The van der Waals surface area contributed by atoms with Crippen molar-refractivity contribution in [3.05, 3.63) is 60.2 Å². The largest absolute Gasteiger partial charge is 0.375 e. The van der Waals surface area contributed by atoms with Gasteiger partial charge in [0.05, 0.1) is 48.9 Å². The van der Waals surface area contributed by atoms with Gasteiger partial charge in [0, 0.05) is 18.7 Å². The van der Waals surface area contributed by atoms with E-state index in [-0.39, 0.29) is 4.90 Å². The number of hydrogen-bond donors (Lipinski definition) is 1. The Morgan fingerprint density at radius 3 is 2.69 bits per heavy atom. The van der Waals surface area contributed by atoms with Crippen LogP contribution >= 0.6 is 28.4 Å². The Labute approximate surface area is 218 Å². The Morgan fingerprint density at radius 1 is 1.26 bits per heavy atom. The lowest BCUT2D eigenvalue weighted by Gasteiger charge is -2.40. The normalized spacial score (nSPS) is 15.1. The Balaban J connectivity index is 0.00000141. The number of aryl methyl sites for hydroxylation is 1. The Bertz CT molecular complexity index is 1450. The number of hydrogen-bond acceptors (Lipinski definition) is 7. The van der Waals surface area contributed by atoms with Crippen LogP contribution in [0.1, 0.15) is 25.1 Å². The number of anilines is 1. The van der Waals surface area contributed by atoms with Crippen molar-refractivity contribution in [1.29, 1.82) is 0 Å². The van der Waals surface area contributed by atoms with Crippen LogP contribution in [0.15, 0.2) is 53.8 Å². The minimum absolute atomic E-state index is 0.0287. The third-order valence-electron chi connectivity index (χ3n) is 5.64. The maximum atomic E-state index is 13.2. The number of rotatable bonds is 7. The first-order chi connectivity index (χ1) is 16.9. The van der Waals surface area contributed by atoms with E-state index in [0.717, 1.165) is 22.2 Å². The predicted octanol–water partition coefficient (Wildman–Crippen LogP) is 4.42. The molecular weight excluding hydrogens is 602 g/mol. The molecule has 0 amide bonds. The van der Waals surface area contributed by atoms with Gasteiger partial charge in [0.1, 0.15) is 10.5 Å². The molecule has 186 valence electrons. The summed E-state index contributed by atoms with van der Waals surface area (Å²) in [4.78, 5) is 4.37. The molecule has 4 heterocycles. The van der Waals surface area contributed by atoms with Crippen molar-refractivity contribution in [2.24, 2.45) is 0 Å². The molecule has 1 aromatic carbocycles. The second-order valence-electron chi connectivity index (χ2n) is 7.60. The molecule has 1 N–H and O–H groups in total. The molecule has 0 aliphatic carbocycles. The van der Waals surface area contributed by atoms with E-state index < -0.39 is 15.6 Å². The van der Waals surface area contributed by atoms with Crippen molar-refractivity contribution in [1.82, 2.24) is 24.3 Å². The minimum Gasteiger partial charge on any atom is -0.375 e. The number of halogens is 1. The highest BCUT2D eigenvalue weighted by Crippen LogP contribution is 2.35. The third kappa shape index (κ3) is 4.82. The lowest BCUT2D eigenvalue weighted by atomic mass is 9.92. The average Bonchev–Trinajstić information content (AvgIpc) is 3.46. The number of benzene rings is 1. The predicted molar refractivity (Wildman–Crippen MR) is 145 cm³/mol. The van der Waals surface area contributed by atoms with Crippen LogP contribution in [0.4, 0.5) is 5.69 Å². The molecule has 13 heteroatoms. The maximum absolute atomic E-state index is 13.2. The topological polar surface area (TPSA) is 113 Å². The van der Waals surface area contributed by atoms with E-state index in [9.17, 15) is 8.42 Å². The first-order valence-corrected chi connectivity index (χ1v) is 16.4. The summed E-state index contributed by atoms with van der Waals surface area (Å²) in [5.41, 5.74) is 2.50. The summed E-state index contributed by atoms with van der Waals surface area (Å²) in [6, 6.07) is 9.15. The summed E-state index contributed by atoms with van der Waals surface area (Å²) in [6.07, 6.45) is 4.80. The van der Waals surface area contributed by atoms with Crippen LogP contribution in [0.2, 0.25) is 0 Å². The molecule has 5 rings (SSSR count). The standard InChI is InChI=1S/C20H20IN6O4PS.C2H6/c1-13-19-16(4-3-5-17(19)27(24-13)32-21)25-33(28,29)15-9-23-26(10-15)18-8-14(6-7-22-18)20(30-2)11-31-12-20;1-2/h3-10,25,32H,11-12H2,1-2H3;1-2H3. The number of sulfonamides is 1. The van der Waals surface area contributed by atoms with Crippen LogP contribution in [0.5, 0.6) is 0 Å². The molecule has 1 atom stereocenters. The van der Waals surface area contributed by atoms with Crippen LogP contribution in [-0.4, -0.2) is 53.1 Å². The first-order valence-electron chi connectivity index (χ1n) is 10.9. The first kappa shape index (κ1) is 26.0. The number of aromatic nitrogens is 5. The zero-order valence-corrected chi connectivity index (χ0v) is 23.7. The van der Waals surface area contributed by atoms with E-state index in [1.54, 1.807) is 19.4 Å². The van der Waals surface area contributed by atoms with Crippen LogP contribution < -0.4 is 4.72 Å². The maximum Gasteiger partial charge on any atom is 0.265 e. The summed E-state index contributed by atoms with van der Waals surface area (Å²) < 4.78 is 43.3. The highest BCUT2D eigenvalue weighted by molar-refractivity contribution is 14.2. The summed E-state index contributed by atoms with van der Waals surface area (Å²) in [5.74, 6) is 0.486. The van der Waals surface area contributed by atoms with Gasteiger partial charge in [-0.2, -0.15) is 10.2 Å². The van der Waals surface area contributed by atoms with Crippen LogP contribution in [0.3, 0.4) is 0 Å². The SMILES string of the molecule is CC.COC1(c2ccnc(-n3cc(S(=O)(=O)Nc4cccc5c4c(C)nn5PI)cn3)c2)COC1. The molecular formula is C22H26IN6O4PS. The molecule has 35 heavy (non-hydrogen) atoms. The van der Waals surface area contributed by atoms with Gasteiger partial charge in [-0.3, -0.25) is 4.72 Å². The third-order valence-corrected chi connectivity index (χ3v) is 8.84. The van der Waals surface area contributed by atoms with Crippen molar-refractivity contribution in [3.8, 4) is 5.82 Å². The van der Waals surface area contributed by atoms with Gasteiger partial charge in [-0.1, -0.05) is 19.9 Å². The van der Waals surface area contributed by atoms with Gasteiger partial charge >= 0.3 is 0 Å². The zero-order valence-electron chi connectivity index (χ0n) is 19.7. The van der Waals surface area contributed by atoms with Gasteiger partial charge in [-0.25, -0.2) is 22.5 Å². The van der Waals surface area contributed by atoms with E-state index in [1.807, 2.05) is 49.5 Å². The lowest BCUT2D eigenvalue weighted by Crippen LogP contribution is -2.48. The highest BCUT2D eigenvalue weighted by Gasteiger charge is 2.41. The summed E-state index contributed by atoms with van der Waals surface area (Å²) in [5, 5.41) is 9.51. The Hall–Kier alpha value is -2.12.